The van der Waals surface area contributed by atoms with Crippen LogP contribution in [0.25, 0.3) is 0 Å². The van der Waals surface area contributed by atoms with E-state index in [4.69, 9.17) is 10.5 Å². The van der Waals surface area contributed by atoms with E-state index in [1.165, 1.54) is 0 Å². The van der Waals surface area contributed by atoms with Crippen LogP contribution < -0.4 is 10.5 Å². The van der Waals surface area contributed by atoms with Crippen molar-refractivity contribution in [3.05, 3.63) is 29.8 Å². The van der Waals surface area contributed by atoms with Crippen molar-refractivity contribution in [2.75, 3.05) is 33.3 Å². The molecule has 0 radical (unpaired) electrons. The van der Waals surface area contributed by atoms with Crippen molar-refractivity contribution in [2.45, 2.75) is 6.42 Å². The summed E-state index contributed by atoms with van der Waals surface area (Å²) in [6, 6.07) is 7.27. The third-order valence-electron chi connectivity index (χ3n) is 3.48. The highest BCUT2D eigenvalue weighted by Crippen LogP contribution is 2.16. The van der Waals surface area contributed by atoms with Gasteiger partial charge in [0.05, 0.1) is 13.7 Å². The highest BCUT2D eigenvalue weighted by Gasteiger charge is 2.23. The molecule has 4 heteroatoms. The van der Waals surface area contributed by atoms with Crippen LogP contribution in [0.3, 0.4) is 0 Å². The third-order valence-corrected chi connectivity index (χ3v) is 3.48. The number of nitrogens with two attached hydrogens (primary N) is 1. The van der Waals surface area contributed by atoms with Gasteiger partial charge in [0.2, 0.25) is 0 Å². The molecule has 18 heavy (non-hydrogen) atoms. The molecular weight excluding hydrogens is 228 g/mol. The van der Waals surface area contributed by atoms with Crippen molar-refractivity contribution in [1.82, 2.24) is 4.90 Å². The van der Waals surface area contributed by atoms with Crippen LogP contribution in [0.1, 0.15) is 16.8 Å². The van der Waals surface area contributed by atoms with Crippen LogP contribution in [0.5, 0.6) is 5.75 Å². The Morgan fingerprint density at radius 3 is 2.72 bits per heavy atom. The second-order valence-electron chi connectivity index (χ2n) is 4.78. The Morgan fingerprint density at radius 2 is 2.17 bits per heavy atom. The van der Waals surface area contributed by atoms with Crippen LogP contribution >= 0.6 is 0 Å². The first-order valence-electron chi connectivity index (χ1n) is 6.32. The maximum absolute atomic E-state index is 12.1. The van der Waals surface area contributed by atoms with Gasteiger partial charge in [-0.3, -0.25) is 9.69 Å². The SMILES string of the molecule is COc1ccc(C(=O)CN2CCC(CN)C2)cc1. The quantitative estimate of drug-likeness (QED) is 0.794. The minimum atomic E-state index is 0.162. The molecule has 0 amide bonds. The number of hydrogen-bond acceptors (Lipinski definition) is 4. The highest BCUT2D eigenvalue weighted by molar-refractivity contribution is 5.97. The fraction of sp³-hybridized carbons (Fsp3) is 0.500. The molecule has 1 aliphatic heterocycles. The monoisotopic (exact) mass is 248 g/mol. The lowest BCUT2D eigenvalue weighted by atomic mass is 10.1. The largest absolute Gasteiger partial charge is 0.497 e. The number of benzene rings is 1. The zero-order valence-corrected chi connectivity index (χ0v) is 10.8. The molecular formula is C14H20N2O2. The van der Waals surface area contributed by atoms with Gasteiger partial charge in [0.25, 0.3) is 0 Å². The summed E-state index contributed by atoms with van der Waals surface area (Å²) in [6.45, 7) is 3.12. The van der Waals surface area contributed by atoms with Crippen molar-refractivity contribution < 1.29 is 9.53 Å². The summed E-state index contributed by atoms with van der Waals surface area (Å²) in [5.41, 5.74) is 6.39. The van der Waals surface area contributed by atoms with Crippen LogP contribution in [0.4, 0.5) is 0 Å². The van der Waals surface area contributed by atoms with Crippen molar-refractivity contribution in [3.63, 3.8) is 0 Å². The Morgan fingerprint density at radius 1 is 1.44 bits per heavy atom. The fourth-order valence-corrected chi connectivity index (χ4v) is 2.32. The Kier molecular flexibility index (Phi) is 4.33. The molecule has 2 rings (SSSR count). The van der Waals surface area contributed by atoms with E-state index < -0.39 is 0 Å². The lowest BCUT2D eigenvalue weighted by Gasteiger charge is -2.14. The standard InChI is InChI=1S/C14H20N2O2/c1-18-13-4-2-12(3-5-13)14(17)10-16-7-6-11(8-15)9-16/h2-5,11H,6-10,15H2,1H3. The van der Waals surface area contributed by atoms with E-state index in [1.54, 1.807) is 7.11 Å². The topological polar surface area (TPSA) is 55.6 Å². The molecule has 0 saturated carbocycles. The molecule has 0 bridgehead atoms. The van der Waals surface area contributed by atoms with Gasteiger partial charge in [0.1, 0.15) is 5.75 Å². The summed E-state index contributed by atoms with van der Waals surface area (Å²) < 4.78 is 5.08. The Bertz CT molecular complexity index is 403. The number of ether oxygens (including phenoxy) is 1. The molecule has 1 atom stereocenters. The van der Waals surface area contributed by atoms with Gasteiger partial charge in [-0.1, -0.05) is 0 Å². The number of methoxy groups -OCH3 is 1. The van der Waals surface area contributed by atoms with Crippen LogP contribution in [-0.2, 0) is 0 Å². The number of nitrogens with zero attached hydrogens (tertiary/aromatic N) is 1. The third kappa shape index (κ3) is 3.09. The van der Waals surface area contributed by atoms with Crippen molar-refractivity contribution in [3.8, 4) is 5.75 Å². The van der Waals surface area contributed by atoms with Gasteiger partial charge < -0.3 is 10.5 Å². The van der Waals surface area contributed by atoms with E-state index in [9.17, 15) is 4.79 Å². The number of likely N-dealkylation sites (tertiary alicyclic amines) is 1. The molecule has 0 aliphatic carbocycles. The molecule has 98 valence electrons. The Labute approximate surface area is 108 Å². The first-order chi connectivity index (χ1) is 8.72. The van der Waals surface area contributed by atoms with Crippen molar-refractivity contribution in [1.29, 1.82) is 0 Å². The molecule has 0 spiro atoms. The molecule has 1 aliphatic rings. The minimum absolute atomic E-state index is 0.162. The molecule has 1 aromatic rings. The van der Waals surface area contributed by atoms with Gasteiger partial charge in [0.15, 0.2) is 5.78 Å². The van der Waals surface area contributed by atoms with Crippen molar-refractivity contribution in [2.24, 2.45) is 11.7 Å². The average molecular weight is 248 g/mol. The summed E-state index contributed by atoms with van der Waals surface area (Å²) in [7, 11) is 1.62. The van der Waals surface area contributed by atoms with Crippen molar-refractivity contribution >= 4 is 5.78 Å². The zero-order valence-electron chi connectivity index (χ0n) is 10.8. The Hall–Kier alpha value is -1.39. The first-order valence-corrected chi connectivity index (χ1v) is 6.32. The maximum atomic E-state index is 12.1. The lowest BCUT2D eigenvalue weighted by Crippen LogP contribution is -2.29. The second-order valence-corrected chi connectivity index (χ2v) is 4.78. The van der Waals surface area contributed by atoms with E-state index in [2.05, 4.69) is 4.90 Å². The summed E-state index contributed by atoms with van der Waals surface area (Å²) in [5.74, 6) is 1.49. The molecule has 1 unspecified atom stereocenters. The lowest BCUT2D eigenvalue weighted by molar-refractivity contribution is 0.0943. The van der Waals surface area contributed by atoms with E-state index >= 15 is 0 Å². The zero-order chi connectivity index (χ0) is 13.0. The fourth-order valence-electron chi connectivity index (χ4n) is 2.32. The molecule has 4 nitrogen and oxygen atoms in total. The number of rotatable bonds is 5. The molecule has 0 aromatic heterocycles. The van der Waals surface area contributed by atoms with E-state index in [0.29, 0.717) is 19.0 Å². The van der Waals surface area contributed by atoms with Gasteiger partial charge in [0, 0.05) is 12.1 Å². The number of carbonyl (C=O) groups excluding carboxylic acids is 1. The molecule has 1 heterocycles. The predicted octanol–water partition coefficient (Wildman–Crippen LogP) is 1.16. The minimum Gasteiger partial charge on any atom is -0.497 e. The van der Waals surface area contributed by atoms with Crippen LogP contribution in [0.15, 0.2) is 24.3 Å². The number of carbonyl (C=O) groups is 1. The molecule has 2 N–H and O–H groups in total. The number of Topliss-reactive ketones (excluding diaryl/α,β-unsaturated/α-hetero) is 1. The smallest absolute Gasteiger partial charge is 0.176 e. The summed E-state index contributed by atoms with van der Waals surface area (Å²) >= 11 is 0. The van der Waals surface area contributed by atoms with Crippen LogP contribution in [0.2, 0.25) is 0 Å². The number of hydrogen-bond donors (Lipinski definition) is 1. The first kappa shape index (κ1) is 13.1. The number of ketones is 1. The van der Waals surface area contributed by atoms with E-state index in [1.807, 2.05) is 24.3 Å². The van der Waals surface area contributed by atoms with Gasteiger partial charge in [-0.05, 0) is 49.7 Å². The highest BCUT2D eigenvalue weighted by atomic mass is 16.5. The molecule has 1 fully saturated rings. The summed E-state index contributed by atoms with van der Waals surface area (Å²) in [5, 5.41) is 0. The Balaban J connectivity index is 1.91. The van der Waals surface area contributed by atoms with Crippen LogP contribution in [-0.4, -0.2) is 44.0 Å². The maximum Gasteiger partial charge on any atom is 0.176 e. The average Bonchev–Trinajstić information content (AvgIpc) is 2.86. The van der Waals surface area contributed by atoms with Gasteiger partial charge >= 0.3 is 0 Å². The van der Waals surface area contributed by atoms with Gasteiger partial charge in [-0.25, -0.2) is 0 Å². The molecule has 1 saturated heterocycles. The van der Waals surface area contributed by atoms with E-state index in [0.717, 1.165) is 30.8 Å². The van der Waals surface area contributed by atoms with Crippen LogP contribution in [0, 0.1) is 5.92 Å². The van der Waals surface area contributed by atoms with Gasteiger partial charge in [-0.15, -0.1) is 0 Å². The summed E-state index contributed by atoms with van der Waals surface area (Å²) in [4.78, 5) is 14.3. The normalized spacial score (nSPS) is 20.0. The molecule has 1 aromatic carbocycles. The van der Waals surface area contributed by atoms with Gasteiger partial charge in [-0.2, -0.15) is 0 Å². The predicted molar refractivity (Wildman–Crippen MR) is 70.9 cm³/mol. The second kappa shape index (κ2) is 5.98. The summed E-state index contributed by atoms with van der Waals surface area (Å²) in [6.07, 6.45) is 1.10. The van der Waals surface area contributed by atoms with E-state index in [-0.39, 0.29) is 5.78 Å².